The van der Waals surface area contributed by atoms with Gasteiger partial charge in [-0.1, -0.05) is 23.7 Å². The van der Waals surface area contributed by atoms with Crippen molar-refractivity contribution < 1.29 is 0 Å². The third-order valence-electron chi connectivity index (χ3n) is 2.91. The van der Waals surface area contributed by atoms with Gasteiger partial charge in [-0.05, 0) is 43.4 Å². The molecule has 1 aliphatic carbocycles. The van der Waals surface area contributed by atoms with E-state index >= 15 is 0 Å². The van der Waals surface area contributed by atoms with E-state index in [0.29, 0.717) is 0 Å². The number of hydrogen-bond acceptors (Lipinski definition) is 1. The smallest absolute Gasteiger partial charge is 0.0459 e. The number of benzene rings is 1. The molecule has 0 unspecified atom stereocenters. The van der Waals surface area contributed by atoms with Crippen molar-refractivity contribution in [1.82, 2.24) is 0 Å². The summed E-state index contributed by atoms with van der Waals surface area (Å²) in [6.07, 6.45) is 3.35. The van der Waals surface area contributed by atoms with Gasteiger partial charge in [0, 0.05) is 10.6 Å². The number of nitrogens with two attached hydrogens (primary N) is 1. The molecular formula is C11H14ClN. The van der Waals surface area contributed by atoms with Crippen LogP contribution in [0.25, 0.3) is 0 Å². The molecule has 0 aliphatic heterocycles. The summed E-state index contributed by atoms with van der Waals surface area (Å²) in [5, 5.41) is 0.821. The van der Waals surface area contributed by atoms with Crippen LogP contribution in [-0.2, 0) is 5.54 Å². The van der Waals surface area contributed by atoms with E-state index in [1.54, 1.807) is 0 Å². The number of aryl methyl sites for hydroxylation is 1. The molecule has 1 aromatic rings. The summed E-state index contributed by atoms with van der Waals surface area (Å²) < 4.78 is 0. The Bertz CT molecular complexity index is 329. The minimum atomic E-state index is -0.134. The van der Waals surface area contributed by atoms with Crippen molar-refractivity contribution in [2.75, 3.05) is 0 Å². The molecule has 0 aromatic heterocycles. The van der Waals surface area contributed by atoms with Gasteiger partial charge in [0.2, 0.25) is 0 Å². The normalized spacial score (nSPS) is 19.6. The van der Waals surface area contributed by atoms with Crippen LogP contribution < -0.4 is 5.73 Å². The third-order valence-corrected chi connectivity index (χ3v) is 3.22. The quantitative estimate of drug-likeness (QED) is 0.733. The Morgan fingerprint density at radius 1 is 1.38 bits per heavy atom. The average Bonchev–Trinajstić information content (AvgIpc) is 2.00. The molecular weight excluding hydrogens is 182 g/mol. The highest BCUT2D eigenvalue weighted by molar-refractivity contribution is 6.31. The van der Waals surface area contributed by atoms with Crippen LogP contribution in [-0.4, -0.2) is 0 Å². The fraction of sp³-hybridized carbons (Fsp3) is 0.455. The molecule has 0 heterocycles. The Hall–Kier alpha value is -0.530. The van der Waals surface area contributed by atoms with Crippen LogP contribution >= 0.6 is 11.6 Å². The van der Waals surface area contributed by atoms with Gasteiger partial charge in [-0.2, -0.15) is 0 Å². The maximum atomic E-state index is 6.19. The summed E-state index contributed by atoms with van der Waals surface area (Å²) in [4.78, 5) is 0. The summed E-state index contributed by atoms with van der Waals surface area (Å²) in [7, 11) is 0. The number of hydrogen-bond donors (Lipinski definition) is 1. The van der Waals surface area contributed by atoms with Gasteiger partial charge in [0.1, 0.15) is 0 Å². The van der Waals surface area contributed by atoms with Gasteiger partial charge >= 0.3 is 0 Å². The third kappa shape index (κ3) is 1.47. The zero-order chi connectivity index (χ0) is 9.47. The van der Waals surface area contributed by atoms with Crippen molar-refractivity contribution >= 4 is 11.6 Å². The van der Waals surface area contributed by atoms with E-state index in [2.05, 4.69) is 12.1 Å². The van der Waals surface area contributed by atoms with Crippen LogP contribution in [0, 0.1) is 6.92 Å². The summed E-state index contributed by atoms with van der Waals surface area (Å²) in [5.74, 6) is 0. The zero-order valence-electron chi connectivity index (χ0n) is 7.81. The van der Waals surface area contributed by atoms with Gasteiger partial charge in [-0.15, -0.1) is 0 Å². The second-order valence-corrected chi connectivity index (χ2v) is 4.40. The molecule has 0 bridgehead atoms. The van der Waals surface area contributed by atoms with Gasteiger partial charge < -0.3 is 5.73 Å². The molecule has 0 amide bonds. The Morgan fingerprint density at radius 2 is 2.08 bits per heavy atom. The molecule has 1 aliphatic rings. The summed E-state index contributed by atoms with van der Waals surface area (Å²) >= 11 is 6.15. The molecule has 1 fully saturated rings. The predicted octanol–water partition coefficient (Wildman–Crippen LogP) is 2.99. The highest BCUT2D eigenvalue weighted by atomic mass is 35.5. The Morgan fingerprint density at radius 3 is 2.54 bits per heavy atom. The molecule has 0 radical (unpaired) electrons. The minimum absolute atomic E-state index is 0.134. The summed E-state index contributed by atoms with van der Waals surface area (Å²) in [5.41, 5.74) is 8.36. The lowest BCUT2D eigenvalue weighted by atomic mass is 9.72. The topological polar surface area (TPSA) is 26.0 Å². The van der Waals surface area contributed by atoms with Crippen molar-refractivity contribution in [2.24, 2.45) is 5.73 Å². The average molecular weight is 196 g/mol. The molecule has 0 atom stereocenters. The SMILES string of the molecule is Cc1ccc(C2(N)CCC2)c(Cl)c1. The summed E-state index contributed by atoms with van der Waals surface area (Å²) in [6.45, 7) is 2.04. The monoisotopic (exact) mass is 195 g/mol. The molecule has 0 spiro atoms. The predicted molar refractivity (Wildman–Crippen MR) is 55.9 cm³/mol. The fourth-order valence-electron chi connectivity index (χ4n) is 1.85. The first-order valence-electron chi connectivity index (χ1n) is 4.67. The first-order valence-corrected chi connectivity index (χ1v) is 5.05. The Balaban J connectivity index is 2.40. The van der Waals surface area contributed by atoms with Gasteiger partial charge in [-0.3, -0.25) is 0 Å². The Kier molecular flexibility index (Phi) is 2.09. The van der Waals surface area contributed by atoms with Crippen molar-refractivity contribution in [3.8, 4) is 0 Å². The van der Waals surface area contributed by atoms with Crippen molar-refractivity contribution in [1.29, 1.82) is 0 Å². The maximum Gasteiger partial charge on any atom is 0.0459 e. The van der Waals surface area contributed by atoms with Gasteiger partial charge in [0.25, 0.3) is 0 Å². The molecule has 13 heavy (non-hydrogen) atoms. The van der Waals surface area contributed by atoms with E-state index in [9.17, 15) is 0 Å². The molecule has 2 N–H and O–H groups in total. The van der Waals surface area contributed by atoms with E-state index in [1.807, 2.05) is 13.0 Å². The summed E-state index contributed by atoms with van der Waals surface area (Å²) in [6, 6.07) is 6.13. The highest BCUT2D eigenvalue weighted by Crippen LogP contribution is 2.41. The van der Waals surface area contributed by atoms with E-state index in [-0.39, 0.29) is 5.54 Å². The van der Waals surface area contributed by atoms with Crippen molar-refractivity contribution in [3.63, 3.8) is 0 Å². The molecule has 2 rings (SSSR count). The lowest BCUT2D eigenvalue weighted by Crippen LogP contribution is -2.43. The van der Waals surface area contributed by atoms with Crippen LogP contribution in [0.2, 0.25) is 5.02 Å². The van der Waals surface area contributed by atoms with Gasteiger partial charge in [0.15, 0.2) is 0 Å². The lowest BCUT2D eigenvalue weighted by Gasteiger charge is -2.39. The zero-order valence-corrected chi connectivity index (χ0v) is 8.56. The van der Waals surface area contributed by atoms with E-state index < -0.39 is 0 Å². The molecule has 2 heteroatoms. The molecule has 1 saturated carbocycles. The standard InChI is InChI=1S/C11H14ClN/c1-8-3-4-9(10(12)7-8)11(13)5-2-6-11/h3-4,7H,2,5-6,13H2,1H3. The van der Waals surface area contributed by atoms with Crippen LogP contribution in [0.4, 0.5) is 0 Å². The first-order chi connectivity index (χ1) is 6.12. The largest absolute Gasteiger partial charge is 0.321 e. The van der Waals surface area contributed by atoms with Crippen LogP contribution in [0.15, 0.2) is 18.2 Å². The van der Waals surface area contributed by atoms with Crippen LogP contribution in [0.5, 0.6) is 0 Å². The second-order valence-electron chi connectivity index (χ2n) is 3.99. The van der Waals surface area contributed by atoms with E-state index in [1.165, 1.54) is 12.0 Å². The molecule has 1 aromatic carbocycles. The lowest BCUT2D eigenvalue weighted by molar-refractivity contribution is 0.254. The van der Waals surface area contributed by atoms with Gasteiger partial charge in [-0.25, -0.2) is 0 Å². The molecule has 70 valence electrons. The van der Waals surface area contributed by atoms with Crippen molar-refractivity contribution in [2.45, 2.75) is 31.7 Å². The fourth-order valence-corrected chi connectivity index (χ4v) is 2.27. The van der Waals surface area contributed by atoms with E-state index in [0.717, 1.165) is 23.4 Å². The van der Waals surface area contributed by atoms with Gasteiger partial charge in [0.05, 0.1) is 0 Å². The maximum absolute atomic E-state index is 6.19. The molecule has 0 saturated heterocycles. The first kappa shape index (κ1) is 9.04. The second kappa shape index (κ2) is 3.00. The molecule has 1 nitrogen and oxygen atoms in total. The van der Waals surface area contributed by atoms with E-state index in [4.69, 9.17) is 17.3 Å². The van der Waals surface area contributed by atoms with Crippen molar-refractivity contribution in [3.05, 3.63) is 34.3 Å². The van der Waals surface area contributed by atoms with Crippen LogP contribution in [0.1, 0.15) is 30.4 Å². The minimum Gasteiger partial charge on any atom is -0.321 e. The Labute approximate surface area is 83.9 Å². The number of rotatable bonds is 1. The number of halogens is 1. The van der Waals surface area contributed by atoms with Crippen LogP contribution in [0.3, 0.4) is 0 Å². The highest BCUT2D eigenvalue weighted by Gasteiger charge is 2.35.